The van der Waals surface area contributed by atoms with Gasteiger partial charge in [-0.15, -0.1) is 0 Å². The minimum Gasteiger partial charge on any atom is -0.469 e. The average Bonchev–Trinajstić information content (AvgIpc) is 2.36. The molecule has 106 valence electrons. The van der Waals surface area contributed by atoms with Gasteiger partial charge in [-0.05, 0) is 41.7 Å². The van der Waals surface area contributed by atoms with E-state index in [0.717, 1.165) is 22.2 Å². The van der Waals surface area contributed by atoms with Crippen LogP contribution < -0.4 is 0 Å². The van der Waals surface area contributed by atoms with Gasteiger partial charge in [0.05, 0.1) is 19.0 Å². The van der Waals surface area contributed by atoms with Gasteiger partial charge in [-0.1, -0.05) is 26.8 Å². The number of aryl methyl sites for hydroxylation is 1. The van der Waals surface area contributed by atoms with E-state index in [1.165, 1.54) is 12.7 Å². The monoisotopic (exact) mass is 271 g/mol. The van der Waals surface area contributed by atoms with Crippen molar-refractivity contribution < 1.29 is 9.53 Å². The second kappa shape index (κ2) is 5.23. The lowest BCUT2D eigenvalue weighted by molar-refractivity contribution is -0.139. The minimum absolute atomic E-state index is 0.0710. The molecule has 20 heavy (non-hydrogen) atoms. The fourth-order valence-electron chi connectivity index (χ4n) is 2.28. The number of pyridine rings is 1. The molecule has 2 aromatic rings. The molecule has 0 fully saturated rings. The summed E-state index contributed by atoms with van der Waals surface area (Å²) in [5.41, 5.74) is 4.13. The second-order valence-corrected chi connectivity index (χ2v) is 6.16. The Bertz CT molecular complexity index is 654. The van der Waals surface area contributed by atoms with Crippen molar-refractivity contribution in [3.8, 4) is 0 Å². The number of ether oxygens (including phenoxy) is 1. The fraction of sp³-hybridized carbons (Fsp3) is 0.412. The highest BCUT2D eigenvalue weighted by Crippen LogP contribution is 2.27. The lowest BCUT2D eigenvalue weighted by Gasteiger charge is -2.20. The number of rotatable bonds is 2. The smallest absolute Gasteiger partial charge is 0.310 e. The summed E-state index contributed by atoms with van der Waals surface area (Å²) in [6, 6.07) is 8.24. The van der Waals surface area contributed by atoms with Gasteiger partial charge in [0.1, 0.15) is 0 Å². The summed E-state index contributed by atoms with van der Waals surface area (Å²) in [6.45, 7) is 8.47. The first-order valence-corrected chi connectivity index (χ1v) is 6.79. The third kappa shape index (κ3) is 2.98. The number of benzene rings is 1. The van der Waals surface area contributed by atoms with Crippen LogP contribution >= 0.6 is 0 Å². The van der Waals surface area contributed by atoms with Gasteiger partial charge < -0.3 is 4.74 Å². The summed E-state index contributed by atoms with van der Waals surface area (Å²) >= 11 is 0. The molecule has 0 saturated carbocycles. The molecule has 3 heteroatoms. The van der Waals surface area contributed by atoms with Crippen molar-refractivity contribution in [1.29, 1.82) is 0 Å². The van der Waals surface area contributed by atoms with E-state index in [0.29, 0.717) is 0 Å². The average molecular weight is 271 g/mol. The van der Waals surface area contributed by atoms with E-state index in [1.807, 2.05) is 19.1 Å². The van der Waals surface area contributed by atoms with Crippen LogP contribution in [0.5, 0.6) is 0 Å². The predicted molar refractivity (Wildman–Crippen MR) is 80.9 cm³/mol. The highest BCUT2D eigenvalue weighted by molar-refractivity contribution is 5.87. The highest BCUT2D eigenvalue weighted by Gasteiger charge is 2.16. The Kier molecular flexibility index (Phi) is 3.80. The first-order valence-electron chi connectivity index (χ1n) is 6.79. The zero-order valence-electron chi connectivity index (χ0n) is 12.8. The van der Waals surface area contributed by atoms with E-state index < -0.39 is 0 Å². The van der Waals surface area contributed by atoms with Gasteiger partial charge in [0.15, 0.2) is 0 Å². The number of methoxy groups -OCH3 is 1. The van der Waals surface area contributed by atoms with E-state index in [4.69, 9.17) is 4.74 Å². The topological polar surface area (TPSA) is 39.2 Å². The summed E-state index contributed by atoms with van der Waals surface area (Å²) in [5.74, 6) is -0.224. The van der Waals surface area contributed by atoms with E-state index in [1.54, 1.807) is 0 Å². The van der Waals surface area contributed by atoms with Crippen LogP contribution in [0, 0.1) is 6.92 Å². The summed E-state index contributed by atoms with van der Waals surface area (Å²) in [4.78, 5) is 16.1. The minimum atomic E-state index is -0.224. The lowest BCUT2D eigenvalue weighted by atomic mass is 9.85. The zero-order chi connectivity index (χ0) is 14.9. The zero-order valence-corrected chi connectivity index (χ0v) is 12.8. The van der Waals surface area contributed by atoms with Crippen molar-refractivity contribution in [1.82, 2.24) is 4.98 Å². The maximum Gasteiger partial charge on any atom is 0.310 e. The number of hydrogen-bond acceptors (Lipinski definition) is 3. The normalized spacial score (nSPS) is 11.7. The molecule has 1 heterocycles. The number of carbonyl (C=O) groups is 1. The lowest BCUT2D eigenvalue weighted by Crippen LogP contribution is -2.11. The number of fused-ring (bicyclic) bond motifs is 1. The third-order valence-electron chi connectivity index (χ3n) is 3.45. The Balaban J connectivity index is 2.62. The van der Waals surface area contributed by atoms with Crippen LogP contribution in [0.15, 0.2) is 24.3 Å². The van der Waals surface area contributed by atoms with Crippen LogP contribution in [-0.4, -0.2) is 18.1 Å². The first-order chi connectivity index (χ1) is 9.31. The summed E-state index contributed by atoms with van der Waals surface area (Å²) in [6.07, 6.45) is 0.282. The van der Waals surface area contributed by atoms with Crippen LogP contribution in [0.1, 0.15) is 37.6 Å². The quantitative estimate of drug-likeness (QED) is 0.784. The number of esters is 1. The Morgan fingerprint density at radius 3 is 2.55 bits per heavy atom. The maximum atomic E-state index is 11.6. The van der Waals surface area contributed by atoms with Crippen LogP contribution in [0.2, 0.25) is 0 Å². The molecular formula is C17H21NO2. The molecular weight excluding hydrogens is 250 g/mol. The van der Waals surface area contributed by atoms with Gasteiger partial charge in [-0.2, -0.15) is 0 Å². The van der Waals surface area contributed by atoms with Gasteiger partial charge in [-0.3, -0.25) is 9.78 Å². The second-order valence-electron chi connectivity index (χ2n) is 6.16. The molecule has 0 aliphatic carbocycles. The van der Waals surface area contributed by atoms with Crippen LogP contribution in [0.25, 0.3) is 10.9 Å². The molecule has 0 amide bonds. The number of hydrogen-bond donors (Lipinski definition) is 0. The number of aromatic nitrogens is 1. The van der Waals surface area contributed by atoms with Crippen LogP contribution in [0.4, 0.5) is 0 Å². The van der Waals surface area contributed by atoms with Gasteiger partial charge in [0, 0.05) is 11.1 Å². The van der Waals surface area contributed by atoms with Crippen molar-refractivity contribution in [2.24, 2.45) is 0 Å². The maximum absolute atomic E-state index is 11.6. The third-order valence-corrected chi connectivity index (χ3v) is 3.45. The molecule has 1 aromatic heterocycles. The van der Waals surface area contributed by atoms with Crippen molar-refractivity contribution in [2.45, 2.75) is 39.5 Å². The molecule has 0 unspecified atom stereocenters. The van der Waals surface area contributed by atoms with Crippen molar-refractivity contribution >= 4 is 16.9 Å². The largest absolute Gasteiger partial charge is 0.469 e. The number of carbonyl (C=O) groups excluding carboxylic acids is 1. The SMILES string of the molecule is COC(=O)Cc1cc(C)nc2ccc(C(C)(C)C)cc12. The molecule has 0 radical (unpaired) electrons. The summed E-state index contributed by atoms with van der Waals surface area (Å²) in [7, 11) is 1.42. The Morgan fingerprint density at radius 2 is 1.95 bits per heavy atom. The molecule has 0 aliphatic heterocycles. The van der Waals surface area contributed by atoms with E-state index in [-0.39, 0.29) is 17.8 Å². The van der Waals surface area contributed by atoms with E-state index in [9.17, 15) is 4.79 Å². The Morgan fingerprint density at radius 1 is 1.25 bits per heavy atom. The van der Waals surface area contributed by atoms with E-state index >= 15 is 0 Å². The molecule has 0 atom stereocenters. The first kappa shape index (κ1) is 14.5. The molecule has 0 aliphatic rings. The van der Waals surface area contributed by atoms with Crippen molar-refractivity contribution in [3.63, 3.8) is 0 Å². The summed E-state index contributed by atoms with van der Waals surface area (Å²) in [5, 5.41) is 1.04. The summed E-state index contributed by atoms with van der Waals surface area (Å²) < 4.78 is 4.78. The van der Waals surface area contributed by atoms with Gasteiger partial charge >= 0.3 is 5.97 Å². The molecule has 0 spiro atoms. The van der Waals surface area contributed by atoms with Gasteiger partial charge in [-0.25, -0.2) is 0 Å². The predicted octanol–water partition coefficient (Wildman–Crippen LogP) is 3.56. The molecule has 0 saturated heterocycles. The van der Waals surface area contributed by atoms with Crippen molar-refractivity contribution in [3.05, 3.63) is 41.1 Å². The van der Waals surface area contributed by atoms with Gasteiger partial charge in [0.2, 0.25) is 0 Å². The van der Waals surface area contributed by atoms with Crippen LogP contribution in [-0.2, 0) is 21.4 Å². The molecule has 0 bridgehead atoms. The Hall–Kier alpha value is -1.90. The molecule has 0 N–H and O–H groups in total. The van der Waals surface area contributed by atoms with Crippen LogP contribution in [0.3, 0.4) is 0 Å². The molecule has 3 nitrogen and oxygen atoms in total. The van der Waals surface area contributed by atoms with E-state index in [2.05, 4.69) is 37.9 Å². The molecule has 1 aromatic carbocycles. The van der Waals surface area contributed by atoms with Crippen molar-refractivity contribution in [2.75, 3.05) is 7.11 Å². The Labute approximate surface area is 120 Å². The van der Waals surface area contributed by atoms with Gasteiger partial charge in [0.25, 0.3) is 0 Å². The fourth-order valence-corrected chi connectivity index (χ4v) is 2.28. The molecule has 2 rings (SSSR count). The standard InChI is InChI=1S/C17H21NO2/c1-11-8-12(9-16(19)20-5)14-10-13(17(2,3)4)6-7-15(14)18-11/h6-8,10H,9H2,1-5H3. The highest BCUT2D eigenvalue weighted by atomic mass is 16.5. The number of nitrogens with zero attached hydrogens (tertiary/aromatic N) is 1.